The molecule has 0 aliphatic heterocycles. The van der Waals surface area contributed by atoms with Crippen molar-refractivity contribution in [3.05, 3.63) is 24.3 Å². The molecule has 1 rings (SSSR count). The highest BCUT2D eigenvalue weighted by Crippen LogP contribution is 2.20. The zero-order valence-electron chi connectivity index (χ0n) is 9.87. The van der Waals surface area contributed by atoms with Crippen molar-refractivity contribution in [3.63, 3.8) is 0 Å². The van der Waals surface area contributed by atoms with Gasteiger partial charge in [-0.05, 0) is 12.1 Å². The molecule has 0 heterocycles. The number of carbonyl (C=O) groups is 1. The van der Waals surface area contributed by atoms with E-state index in [4.69, 9.17) is 0 Å². The Morgan fingerprint density at radius 1 is 1.11 bits per heavy atom. The van der Waals surface area contributed by atoms with E-state index >= 15 is 0 Å². The maximum absolute atomic E-state index is 11.5. The summed E-state index contributed by atoms with van der Waals surface area (Å²) in [5.41, 5.74) is 0.0775. The van der Waals surface area contributed by atoms with Crippen LogP contribution in [-0.2, 0) is 24.5 Å². The van der Waals surface area contributed by atoms with Crippen LogP contribution in [0.4, 0.5) is 5.69 Å². The van der Waals surface area contributed by atoms with Gasteiger partial charge in [0.05, 0.1) is 10.6 Å². The number of anilines is 1. The Kier molecular flexibility index (Phi) is 4.12. The van der Waals surface area contributed by atoms with Gasteiger partial charge in [0.1, 0.15) is 5.75 Å². The molecule has 1 N–H and O–H groups in total. The molecule has 0 aromatic heterocycles. The summed E-state index contributed by atoms with van der Waals surface area (Å²) >= 11 is 0. The van der Waals surface area contributed by atoms with Crippen LogP contribution in [0.15, 0.2) is 29.2 Å². The minimum Gasteiger partial charge on any atom is -0.324 e. The fourth-order valence-corrected chi connectivity index (χ4v) is 2.71. The molecular formula is C10H13NO5S2. The van der Waals surface area contributed by atoms with Gasteiger partial charge in [-0.25, -0.2) is 16.8 Å². The maximum Gasteiger partial charge on any atom is 0.239 e. The maximum atomic E-state index is 11.5. The third kappa shape index (κ3) is 4.46. The Morgan fingerprint density at radius 2 is 1.67 bits per heavy atom. The number of benzene rings is 1. The molecule has 0 saturated heterocycles. The van der Waals surface area contributed by atoms with E-state index in [0.717, 1.165) is 12.5 Å². The average Bonchev–Trinajstić information content (AvgIpc) is 2.13. The standard InChI is InChI=1S/C10H13NO5S2/c1-17(13,14)7-10(12)11-8-5-3-4-6-9(8)18(2,15)16/h3-6H,7H2,1-2H3,(H,11,12). The zero-order chi connectivity index (χ0) is 14.0. The summed E-state index contributed by atoms with van der Waals surface area (Å²) in [6.07, 6.45) is 1.93. The molecule has 0 aliphatic carbocycles. The predicted octanol–water partition coefficient (Wildman–Crippen LogP) is 0.0732. The number of nitrogens with one attached hydrogen (secondary N) is 1. The van der Waals surface area contributed by atoms with Crippen molar-refractivity contribution in [2.24, 2.45) is 0 Å². The van der Waals surface area contributed by atoms with Crippen molar-refractivity contribution in [1.29, 1.82) is 0 Å². The van der Waals surface area contributed by atoms with E-state index in [1.54, 1.807) is 6.07 Å². The Balaban J connectivity index is 3.03. The largest absolute Gasteiger partial charge is 0.324 e. The second-order valence-electron chi connectivity index (χ2n) is 3.89. The normalized spacial score (nSPS) is 12.1. The fraction of sp³-hybridized carbons (Fsp3) is 0.300. The smallest absolute Gasteiger partial charge is 0.239 e. The van der Waals surface area contributed by atoms with E-state index < -0.39 is 31.3 Å². The molecule has 0 atom stereocenters. The number of para-hydroxylation sites is 1. The molecule has 18 heavy (non-hydrogen) atoms. The van der Waals surface area contributed by atoms with Gasteiger partial charge in [0, 0.05) is 12.5 Å². The molecule has 1 aromatic rings. The van der Waals surface area contributed by atoms with E-state index in [9.17, 15) is 21.6 Å². The van der Waals surface area contributed by atoms with Gasteiger partial charge in [-0.1, -0.05) is 12.1 Å². The summed E-state index contributed by atoms with van der Waals surface area (Å²) < 4.78 is 44.8. The highest BCUT2D eigenvalue weighted by Gasteiger charge is 2.16. The minimum absolute atomic E-state index is 0.0492. The second-order valence-corrected chi connectivity index (χ2v) is 8.01. The molecule has 100 valence electrons. The van der Waals surface area contributed by atoms with Crippen LogP contribution in [0.2, 0.25) is 0 Å². The number of amides is 1. The lowest BCUT2D eigenvalue weighted by Crippen LogP contribution is -2.22. The van der Waals surface area contributed by atoms with E-state index in [2.05, 4.69) is 5.32 Å². The van der Waals surface area contributed by atoms with Crippen molar-refractivity contribution >= 4 is 31.3 Å². The Labute approximate surface area is 106 Å². The lowest BCUT2D eigenvalue weighted by Gasteiger charge is -2.08. The van der Waals surface area contributed by atoms with Gasteiger partial charge < -0.3 is 5.32 Å². The molecule has 8 heteroatoms. The van der Waals surface area contributed by atoms with Crippen molar-refractivity contribution in [3.8, 4) is 0 Å². The molecule has 1 aromatic carbocycles. The number of carbonyl (C=O) groups excluding carboxylic acids is 1. The Bertz CT molecular complexity index is 661. The predicted molar refractivity (Wildman–Crippen MR) is 67.9 cm³/mol. The van der Waals surface area contributed by atoms with E-state index in [1.165, 1.54) is 18.2 Å². The highest BCUT2D eigenvalue weighted by molar-refractivity contribution is 7.91. The molecule has 0 saturated carbocycles. The Hall–Kier alpha value is -1.41. The van der Waals surface area contributed by atoms with E-state index in [-0.39, 0.29) is 10.6 Å². The molecule has 1 amide bonds. The van der Waals surface area contributed by atoms with Crippen LogP contribution in [0.5, 0.6) is 0 Å². The molecule has 0 aliphatic rings. The lowest BCUT2D eigenvalue weighted by atomic mass is 10.3. The van der Waals surface area contributed by atoms with Gasteiger partial charge in [-0.15, -0.1) is 0 Å². The lowest BCUT2D eigenvalue weighted by molar-refractivity contribution is -0.113. The van der Waals surface area contributed by atoms with Crippen LogP contribution in [0.3, 0.4) is 0 Å². The third-order valence-corrected chi connectivity index (χ3v) is 3.90. The molecule has 0 spiro atoms. The van der Waals surface area contributed by atoms with Crippen LogP contribution in [0.1, 0.15) is 0 Å². The number of hydrogen-bond donors (Lipinski definition) is 1. The van der Waals surface area contributed by atoms with Crippen molar-refractivity contribution in [1.82, 2.24) is 0 Å². The van der Waals surface area contributed by atoms with Crippen molar-refractivity contribution in [2.75, 3.05) is 23.6 Å². The van der Waals surface area contributed by atoms with Crippen LogP contribution in [0.25, 0.3) is 0 Å². The van der Waals surface area contributed by atoms with Gasteiger partial charge in [-0.2, -0.15) is 0 Å². The number of rotatable bonds is 4. The summed E-state index contributed by atoms with van der Waals surface area (Å²) in [7, 11) is -6.94. The van der Waals surface area contributed by atoms with E-state index in [1.807, 2.05) is 0 Å². The quantitative estimate of drug-likeness (QED) is 0.847. The average molecular weight is 291 g/mol. The van der Waals surface area contributed by atoms with Crippen LogP contribution in [-0.4, -0.2) is 41.0 Å². The molecule has 0 fully saturated rings. The van der Waals surface area contributed by atoms with Crippen LogP contribution < -0.4 is 5.32 Å². The summed E-state index contributed by atoms with van der Waals surface area (Å²) in [6.45, 7) is 0. The third-order valence-electron chi connectivity index (χ3n) is 1.95. The Morgan fingerprint density at radius 3 is 2.17 bits per heavy atom. The topological polar surface area (TPSA) is 97.4 Å². The monoisotopic (exact) mass is 291 g/mol. The summed E-state index contributed by atoms with van der Waals surface area (Å²) in [6, 6.07) is 5.80. The first-order valence-electron chi connectivity index (χ1n) is 4.86. The first-order valence-corrected chi connectivity index (χ1v) is 8.81. The molecule has 0 bridgehead atoms. The molecule has 6 nitrogen and oxygen atoms in total. The molecule has 0 radical (unpaired) electrons. The van der Waals surface area contributed by atoms with Gasteiger partial charge in [0.25, 0.3) is 0 Å². The van der Waals surface area contributed by atoms with Gasteiger partial charge in [0.2, 0.25) is 5.91 Å². The number of sulfone groups is 2. The first kappa shape index (κ1) is 14.7. The number of hydrogen-bond acceptors (Lipinski definition) is 5. The zero-order valence-corrected chi connectivity index (χ0v) is 11.5. The van der Waals surface area contributed by atoms with E-state index in [0.29, 0.717) is 0 Å². The molecule has 0 unspecified atom stereocenters. The SMILES string of the molecule is CS(=O)(=O)CC(=O)Nc1ccccc1S(C)(=O)=O. The van der Waals surface area contributed by atoms with Gasteiger partial charge in [0.15, 0.2) is 19.7 Å². The minimum atomic E-state index is -3.49. The second kappa shape index (κ2) is 5.07. The fourth-order valence-electron chi connectivity index (χ4n) is 1.32. The summed E-state index contributed by atoms with van der Waals surface area (Å²) in [4.78, 5) is 11.4. The van der Waals surface area contributed by atoms with Crippen molar-refractivity contribution < 1.29 is 21.6 Å². The van der Waals surface area contributed by atoms with Crippen molar-refractivity contribution in [2.45, 2.75) is 4.90 Å². The van der Waals surface area contributed by atoms with Gasteiger partial charge >= 0.3 is 0 Å². The molecular weight excluding hydrogens is 278 g/mol. The highest BCUT2D eigenvalue weighted by atomic mass is 32.2. The van der Waals surface area contributed by atoms with Gasteiger partial charge in [-0.3, -0.25) is 4.79 Å². The van der Waals surface area contributed by atoms with Crippen LogP contribution in [0, 0.1) is 0 Å². The van der Waals surface area contributed by atoms with Crippen LogP contribution >= 0.6 is 0 Å². The first-order chi connectivity index (χ1) is 8.09. The summed E-state index contributed by atoms with van der Waals surface area (Å²) in [5, 5.41) is 2.28. The summed E-state index contributed by atoms with van der Waals surface area (Å²) in [5.74, 6) is -1.46.